The number of guanidine groups is 1. The molecular weight excluding hydrogens is 202 g/mol. The summed E-state index contributed by atoms with van der Waals surface area (Å²) in [4.78, 5) is 15.1. The lowest BCUT2D eigenvalue weighted by molar-refractivity contribution is 0.226. The van der Waals surface area contributed by atoms with Crippen molar-refractivity contribution in [1.29, 1.82) is 0 Å². The first-order valence-corrected chi connectivity index (χ1v) is 5.45. The molecule has 5 nitrogen and oxygen atoms in total. The lowest BCUT2D eigenvalue weighted by Crippen LogP contribution is -2.48. The Morgan fingerprint density at radius 2 is 2.12 bits per heavy atom. The van der Waals surface area contributed by atoms with Gasteiger partial charge in [0.15, 0.2) is 5.96 Å². The van der Waals surface area contributed by atoms with Gasteiger partial charge in [-0.1, -0.05) is 0 Å². The number of hydrogen-bond donors (Lipinski definition) is 1. The summed E-state index contributed by atoms with van der Waals surface area (Å²) in [6.07, 6.45) is 3.42. The zero-order valence-corrected chi connectivity index (χ0v) is 9.94. The molecule has 0 saturated heterocycles. The zero-order valence-electron chi connectivity index (χ0n) is 9.94. The van der Waals surface area contributed by atoms with E-state index in [0.29, 0.717) is 12.5 Å². The maximum atomic E-state index is 5.88. The number of aryl methyl sites for hydroxylation is 1. The average Bonchev–Trinajstić information content (AvgIpc) is 2.56. The monoisotopic (exact) mass is 219 g/mol. The van der Waals surface area contributed by atoms with E-state index in [0.717, 1.165) is 17.9 Å². The Balaban J connectivity index is 2.45. The molecule has 86 valence electrons. The largest absolute Gasteiger partial charge is 0.370 e. The van der Waals surface area contributed by atoms with Gasteiger partial charge in [0.25, 0.3) is 0 Å². The molecule has 2 heterocycles. The smallest absolute Gasteiger partial charge is 0.192 e. The molecule has 5 heteroatoms. The quantitative estimate of drug-likeness (QED) is 0.793. The highest BCUT2D eigenvalue weighted by atomic mass is 15.4. The number of aliphatic imine (C=N–C) groups is 1. The fraction of sp³-hybridized carbons (Fsp3) is 0.545. The van der Waals surface area contributed by atoms with Crippen LogP contribution in [0, 0.1) is 6.92 Å². The van der Waals surface area contributed by atoms with Crippen molar-refractivity contribution in [2.24, 2.45) is 10.7 Å². The Kier molecular flexibility index (Phi) is 2.53. The third kappa shape index (κ3) is 1.43. The van der Waals surface area contributed by atoms with Crippen molar-refractivity contribution >= 4 is 5.96 Å². The molecule has 0 radical (unpaired) electrons. The van der Waals surface area contributed by atoms with Crippen molar-refractivity contribution in [3.63, 3.8) is 0 Å². The normalized spacial score (nSPS) is 24.7. The summed E-state index contributed by atoms with van der Waals surface area (Å²) in [5, 5.41) is 0. The summed E-state index contributed by atoms with van der Waals surface area (Å²) in [5.74, 6) is 0.593. The highest BCUT2D eigenvalue weighted by molar-refractivity contribution is 5.81. The van der Waals surface area contributed by atoms with Crippen LogP contribution in [0.2, 0.25) is 0 Å². The van der Waals surface area contributed by atoms with Gasteiger partial charge in [-0.25, -0.2) is 0 Å². The van der Waals surface area contributed by atoms with Crippen LogP contribution in [-0.4, -0.2) is 33.9 Å². The van der Waals surface area contributed by atoms with Crippen LogP contribution in [0.25, 0.3) is 0 Å². The average molecular weight is 219 g/mol. The van der Waals surface area contributed by atoms with Crippen LogP contribution in [0.1, 0.15) is 25.2 Å². The second kappa shape index (κ2) is 3.73. The van der Waals surface area contributed by atoms with Crippen molar-refractivity contribution in [3.8, 4) is 0 Å². The minimum absolute atomic E-state index is 0.253. The molecule has 0 fully saturated rings. The summed E-state index contributed by atoms with van der Waals surface area (Å²) in [7, 11) is 0. The van der Waals surface area contributed by atoms with Crippen LogP contribution >= 0.6 is 0 Å². The molecule has 2 N–H and O–H groups in total. The van der Waals surface area contributed by atoms with Gasteiger partial charge in [0.2, 0.25) is 0 Å². The summed E-state index contributed by atoms with van der Waals surface area (Å²) in [6.45, 7) is 7.61. The van der Waals surface area contributed by atoms with E-state index >= 15 is 0 Å². The number of nitrogens with two attached hydrogens (primary N) is 1. The summed E-state index contributed by atoms with van der Waals surface area (Å²) in [6, 6.07) is 0. The molecule has 2 rings (SSSR count). The van der Waals surface area contributed by atoms with Gasteiger partial charge in [0.05, 0.1) is 17.9 Å². The predicted molar refractivity (Wildman–Crippen MR) is 63.0 cm³/mol. The topological polar surface area (TPSA) is 67.4 Å². The molecule has 0 aromatic carbocycles. The molecule has 16 heavy (non-hydrogen) atoms. The molecule has 1 aromatic rings. The number of aromatic nitrogens is 2. The van der Waals surface area contributed by atoms with E-state index in [-0.39, 0.29) is 5.54 Å². The van der Waals surface area contributed by atoms with Gasteiger partial charge in [-0.2, -0.15) is 0 Å². The van der Waals surface area contributed by atoms with Crippen LogP contribution < -0.4 is 5.73 Å². The van der Waals surface area contributed by atoms with Gasteiger partial charge in [-0.3, -0.25) is 15.0 Å². The molecular formula is C11H17N5. The predicted octanol–water partition coefficient (Wildman–Crippen LogP) is 0.650. The standard InChI is InChI=1S/C11H17N5/c1-4-16-10(12)15-7-11(16,3)9-8(2)13-5-6-14-9/h5-6H,4,7H2,1-3H3,(H2,12,15). The highest BCUT2D eigenvalue weighted by Gasteiger charge is 2.41. The molecule has 1 unspecified atom stereocenters. The van der Waals surface area contributed by atoms with Crippen LogP contribution in [0.15, 0.2) is 17.4 Å². The van der Waals surface area contributed by atoms with Crippen LogP contribution in [-0.2, 0) is 5.54 Å². The van der Waals surface area contributed by atoms with E-state index in [1.165, 1.54) is 0 Å². The fourth-order valence-corrected chi connectivity index (χ4v) is 2.31. The third-order valence-electron chi connectivity index (χ3n) is 3.13. The fourth-order valence-electron chi connectivity index (χ4n) is 2.31. The molecule has 1 aromatic heterocycles. The van der Waals surface area contributed by atoms with Crippen molar-refractivity contribution in [2.75, 3.05) is 13.1 Å². The molecule has 0 saturated carbocycles. The Morgan fingerprint density at radius 3 is 2.75 bits per heavy atom. The van der Waals surface area contributed by atoms with Crippen LogP contribution in [0.3, 0.4) is 0 Å². The van der Waals surface area contributed by atoms with Gasteiger partial charge in [-0.05, 0) is 20.8 Å². The van der Waals surface area contributed by atoms with E-state index in [9.17, 15) is 0 Å². The van der Waals surface area contributed by atoms with Gasteiger partial charge in [0.1, 0.15) is 5.54 Å². The lowest BCUT2D eigenvalue weighted by Gasteiger charge is -2.35. The van der Waals surface area contributed by atoms with Crippen molar-refractivity contribution in [1.82, 2.24) is 14.9 Å². The van der Waals surface area contributed by atoms with Crippen molar-refractivity contribution in [3.05, 3.63) is 23.8 Å². The Morgan fingerprint density at radius 1 is 1.44 bits per heavy atom. The minimum Gasteiger partial charge on any atom is -0.370 e. The van der Waals surface area contributed by atoms with E-state index < -0.39 is 0 Å². The first-order valence-electron chi connectivity index (χ1n) is 5.45. The number of likely N-dealkylation sites (N-methyl/N-ethyl adjacent to an activating group) is 1. The van der Waals surface area contributed by atoms with Crippen molar-refractivity contribution < 1.29 is 0 Å². The van der Waals surface area contributed by atoms with Crippen LogP contribution in [0.4, 0.5) is 0 Å². The highest BCUT2D eigenvalue weighted by Crippen LogP contribution is 2.31. The maximum Gasteiger partial charge on any atom is 0.192 e. The van der Waals surface area contributed by atoms with Gasteiger partial charge in [-0.15, -0.1) is 0 Å². The lowest BCUT2D eigenvalue weighted by atomic mass is 9.95. The molecule has 0 bridgehead atoms. The minimum atomic E-state index is -0.253. The van der Waals surface area contributed by atoms with Gasteiger partial charge >= 0.3 is 0 Å². The summed E-state index contributed by atoms with van der Waals surface area (Å²) in [5.41, 5.74) is 7.53. The Hall–Kier alpha value is -1.65. The van der Waals surface area contributed by atoms with Crippen LogP contribution in [0.5, 0.6) is 0 Å². The number of nitrogens with zero attached hydrogens (tertiary/aromatic N) is 4. The summed E-state index contributed by atoms with van der Waals surface area (Å²) < 4.78 is 0. The molecule has 0 amide bonds. The molecule has 1 aliphatic heterocycles. The second-order valence-corrected chi connectivity index (χ2v) is 4.18. The first kappa shape index (κ1) is 10.9. The first-order chi connectivity index (χ1) is 7.59. The molecule has 0 aliphatic carbocycles. The third-order valence-corrected chi connectivity index (χ3v) is 3.13. The SMILES string of the molecule is CCN1C(N)=NCC1(C)c1nccnc1C. The molecule has 1 atom stereocenters. The van der Waals surface area contributed by atoms with E-state index in [1.807, 2.05) is 6.92 Å². The van der Waals surface area contributed by atoms with E-state index in [4.69, 9.17) is 5.73 Å². The second-order valence-electron chi connectivity index (χ2n) is 4.18. The van der Waals surface area contributed by atoms with Gasteiger partial charge in [0, 0.05) is 18.9 Å². The zero-order chi connectivity index (χ0) is 11.8. The number of rotatable bonds is 2. The van der Waals surface area contributed by atoms with E-state index in [1.54, 1.807) is 12.4 Å². The Bertz CT molecular complexity index is 428. The number of hydrogen-bond acceptors (Lipinski definition) is 5. The summed E-state index contributed by atoms with van der Waals surface area (Å²) >= 11 is 0. The molecule has 1 aliphatic rings. The maximum absolute atomic E-state index is 5.88. The van der Waals surface area contributed by atoms with Crippen molar-refractivity contribution in [2.45, 2.75) is 26.3 Å². The Labute approximate surface area is 95.4 Å². The molecule has 0 spiro atoms. The van der Waals surface area contributed by atoms with Gasteiger partial charge < -0.3 is 10.6 Å². The van der Waals surface area contributed by atoms with E-state index in [2.05, 4.69) is 33.7 Å².